The van der Waals surface area contributed by atoms with Crippen LogP contribution in [0.3, 0.4) is 0 Å². The van der Waals surface area contributed by atoms with Gasteiger partial charge in [-0.15, -0.1) is 11.3 Å². The quantitative estimate of drug-likeness (QED) is 0.913. The molecule has 1 aromatic rings. The Bertz CT molecular complexity index is 400. The molecule has 3 rings (SSSR count). The largest absolute Gasteiger partial charge is 0.301 e. The molecular formula is C13H19N3OS. The van der Waals surface area contributed by atoms with Crippen LogP contribution in [0.1, 0.15) is 38.5 Å². The molecule has 98 valence electrons. The minimum Gasteiger partial charge on any atom is -0.301 e. The smallest absolute Gasteiger partial charge is 0.243 e. The molecule has 5 heteroatoms. The Hall–Kier alpha value is -0.940. The number of hydrogen-bond donors (Lipinski definition) is 1. The normalized spacial score (nSPS) is 25.7. The molecule has 1 N–H and O–H groups in total. The van der Waals surface area contributed by atoms with Crippen LogP contribution in [0.15, 0.2) is 11.6 Å². The Morgan fingerprint density at radius 2 is 2.17 bits per heavy atom. The van der Waals surface area contributed by atoms with Gasteiger partial charge in [0.25, 0.3) is 0 Å². The van der Waals surface area contributed by atoms with Crippen molar-refractivity contribution in [3.05, 3.63) is 11.6 Å². The molecule has 4 nitrogen and oxygen atoms in total. The van der Waals surface area contributed by atoms with Crippen LogP contribution in [0.2, 0.25) is 0 Å². The Kier molecular flexibility index (Phi) is 3.61. The number of likely N-dealkylation sites (tertiary alicyclic amines) is 1. The van der Waals surface area contributed by atoms with Crippen LogP contribution in [0.25, 0.3) is 0 Å². The molecule has 2 aliphatic rings. The summed E-state index contributed by atoms with van der Waals surface area (Å²) in [4.78, 5) is 18.8. The van der Waals surface area contributed by atoms with Crippen molar-refractivity contribution in [2.24, 2.45) is 0 Å². The molecule has 1 saturated carbocycles. The van der Waals surface area contributed by atoms with Crippen molar-refractivity contribution in [1.29, 1.82) is 0 Å². The molecule has 1 atom stereocenters. The van der Waals surface area contributed by atoms with Gasteiger partial charge in [-0.3, -0.25) is 9.69 Å². The van der Waals surface area contributed by atoms with Gasteiger partial charge >= 0.3 is 0 Å². The molecule has 18 heavy (non-hydrogen) atoms. The highest BCUT2D eigenvalue weighted by Crippen LogP contribution is 2.30. The average Bonchev–Trinajstić information content (AvgIpc) is 3.11. The lowest BCUT2D eigenvalue weighted by molar-refractivity contribution is -0.121. The zero-order valence-electron chi connectivity index (χ0n) is 10.5. The maximum Gasteiger partial charge on any atom is 0.243 e. The van der Waals surface area contributed by atoms with Crippen LogP contribution < -0.4 is 5.32 Å². The van der Waals surface area contributed by atoms with E-state index in [9.17, 15) is 4.79 Å². The van der Waals surface area contributed by atoms with Crippen molar-refractivity contribution in [3.63, 3.8) is 0 Å². The van der Waals surface area contributed by atoms with Crippen LogP contribution in [-0.4, -0.2) is 34.4 Å². The Labute approximate surface area is 111 Å². The predicted molar refractivity (Wildman–Crippen MR) is 72.7 cm³/mol. The molecule has 1 aliphatic heterocycles. The molecular weight excluding hydrogens is 246 g/mol. The van der Waals surface area contributed by atoms with E-state index in [-0.39, 0.29) is 11.9 Å². The fourth-order valence-electron chi connectivity index (χ4n) is 3.22. The topological polar surface area (TPSA) is 45.2 Å². The fourth-order valence-corrected chi connectivity index (χ4v) is 3.75. The van der Waals surface area contributed by atoms with Gasteiger partial charge in [0.1, 0.15) is 0 Å². The van der Waals surface area contributed by atoms with E-state index >= 15 is 0 Å². The second kappa shape index (κ2) is 5.36. The first-order valence-corrected chi connectivity index (χ1v) is 7.68. The number of amides is 1. The minimum absolute atomic E-state index is 0.0667. The van der Waals surface area contributed by atoms with E-state index in [1.54, 1.807) is 6.20 Å². The Morgan fingerprint density at radius 3 is 2.89 bits per heavy atom. The maximum absolute atomic E-state index is 12.3. The van der Waals surface area contributed by atoms with Crippen molar-refractivity contribution in [3.8, 4) is 0 Å². The summed E-state index contributed by atoms with van der Waals surface area (Å²) < 4.78 is 0. The highest BCUT2D eigenvalue weighted by molar-refractivity contribution is 7.13. The van der Waals surface area contributed by atoms with E-state index in [4.69, 9.17) is 0 Å². The molecule has 0 radical (unpaired) electrons. The lowest BCUT2D eigenvalue weighted by atomic mass is 10.1. The van der Waals surface area contributed by atoms with E-state index in [1.165, 1.54) is 37.0 Å². The summed E-state index contributed by atoms with van der Waals surface area (Å²) in [5.41, 5.74) is 0. The SMILES string of the molecule is O=C(Nc1nccs1)C1CCCN1C1CCCC1. The molecule has 1 unspecified atom stereocenters. The van der Waals surface area contributed by atoms with Crippen molar-refractivity contribution in [1.82, 2.24) is 9.88 Å². The third-order valence-electron chi connectivity index (χ3n) is 4.05. The summed E-state index contributed by atoms with van der Waals surface area (Å²) in [6.07, 6.45) is 9.04. The molecule has 0 spiro atoms. The van der Waals surface area contributed by atoms with E-state index in [2.05, 4.69) is 15.2 Å². The van der Waals surface area contributed by atoms with Gasteiger partial charge in [-0.2, -0.15) is 0 Å². The number of rotatable bonds is 3. The number of nitrogens with zero attached hydrogens (tertiary/aromatic N) is 2. The van der Waals surface area contributed by atoms with Gasteiger partial charge in [-0.1, -0.05) is 12.8 Å². The lowest BCUT2D eigenvalue weighted by Gasteiger charge is -2.29. The van der Waals surface area contributed by atoms with E-state index in [1.807, 2.05) is 5.38 Å². The van der Waals surface area contributed by atoms with Gasteiger partial charge in [0.05, 0.1) is 6.04 Å². The molecule has 1 aliphatic carbocycles. The Balaban J connectivity index is 1.64. The minimum atomic E-state index is 0.0667. The maximum atomic E-state index is 12.3. The van der Waals surface area contributed by atoms with Crippen LogP contribution in [-0.2, 0) is 4.79 Å². The summed E-state index contributed by atoms with van der Waals surface area (Å²) in [6, 6.07) is 0.705. The highest BCUT2D eigenvalue weighted by Gasteiger charge is 2.36. The first kappa shape index (κ1) is 12.1. The number of carbonyl (C=O) groups is 1. The van der Waals surface area contributed by atoms with Crippen LogP contribution >= 0.6 is 11.3 Å². The first-order valence-electron chi connectivity index (χ1n) is 6.81. The van der Waals surface area contributed by atoms with Gasteiger partial charge in [-0.05, 0) is 32.2 Å². The number of hydrogen-bond acceptors (Lipinski definition) is 4. The molecule has 1 aromatic heterocycles. The second-order valence-corrected chi connectivity index (χ2v) is 6.06. The van der Waals surface area contributed by atoms with Crippen molar-refractivity contribution in [2.75, 3.05) is 11.9 Å². The van der Waals surface area contributed by atoms with E-state index in [0.29, 0.717) is 6.04 Å². The molecule has 1 saturated heterocycles. The van der Waals surface area contributed by atoms with Gasteiger partial charge in [0.2, 0.25) is 5.91 Å². The number of thiazole rings is 1. The summed E-state index contributed by atoms with van der Waals surface area (Å²) >= 11 is 1.48. The summed E-state index contributed by atoms with van der Waals surface area (Å²) in [7, 11) is 0. The molecule has 0 aromatic carbocycles. The average molecular weight is 265 g/mol. The standard InChI is InChI=1S/C13H19N3OS/c17-12(15-13-14-7-9-18-13)11-6-3-8-16(11)10-4-1-2-5-10/h7,9-11H,1-6,8H2,(H,14,15,17). The lowest BCUT2D eigenvalue weighted by Crippen LogP contribution is -2.44. The Morgan fingerprint density at radius 1 is 1.33 bits per heavy atom. The van der Waals surface area contributed by atoms with Crippen molar-refractivity contribution >= 4 is 22.4 Å². The number of aromatic nitrogens is 1. The van der Waals surface area contributed by atoms with Crippen LogP contribution in [0, 0.1) is 0 Å². The van der Waals surface area contributed by atoms with E-state index in [0.717, 1.165) is 24.5 Å². The van der Waals surface area contributed by atoms with Crippen molar-refractivity contribution < 1.29 is 4.79 Å². The van der Waals surface area contributed by atoms with Crippen LogP contribution in [0.4, 0.5) is 5.13 Å². The van der Waals surface area contributed by atoms with Gasteiger partial charge in [-0.25, -0.2) is 4.98 Å². The van der Waals surface area contributed by atoms with Gasteiger partial charge in [0, 0.05) is 17.6 Å². The fraction of sp³-hybridized carbons (Fsp3) is 0.692. The van der Waals surface area contributed by atoms with Crippen molar-refractivity contribution in [2.45, 2.75) is 50.6 Å². The third kappa shape index (κ3) is 2.42. The molecule has 2 fully saturated rings. The van der Waals surface area contributed by atoms with Crippen LogP contribution in [0.5, 0.6) is 0 Å². The number of carbonyl (C=O) groups excluding carboxylic acids is 1. The van der Waals surface area contributed by atoms with E-state index < -0.39 is 0 Å². The zero-order valence-corrected chi connectivity index (χ0v) is 11.3. The third-order valence-corrected chi connectivity index (χ3v) is 4.74. The summed E-state index contributed by atoms with van der Waals surface area (Å²) in [6.45, 7) is 1.08. The number of anilines is 1. The van der Waals surface area contributed by atoms with Gasteiger partial charge in [0.15, 0.2) is 5.13 Å². The van der Waals surface area contributed by atoms with Gasteiger partial charge < -0.3 is 5.32 Å². The highest BCUT2D eigenvalue weighted by atomic mass is 32.1. The molecule has 0 bridgehead atoms. The summed E-state index contributed by atoms with van der Waals surface area (Å²) in [5, 5.41) is 5.55. The monoisotopic (exact) mass is 265 g/mol. The number of nitrogens with one attached hydrogen (secondary N) is 1. The summed E-state index contributed by atoms with van der Waals surface area (Å²) in [5.74, 6) is 0.134. The second-order valence-electron chi connectivity index (χ2n) is 5.16. The predicted octanol–water partition coefficient (Wildman–Crippen LogP) is 2.49. The molecule has 2 heterocycles. The molecule has 1 amide bonds. The zero-order chi connectivity index (χ0) is 12.4. The first-order chi connectivity index (χ1) is 8.84.